The second-order valence-electron chi connectivity index (χ2n) is 7.34. The molecule has 7 nitrogen and oxygen atoms in total. The Kier molecular flexibility index (Phi) is 4.63. The maximum atomic E-state index is 13.2. The summed E-state index contributed by atoms with van der Waals surface area (Å²) in [6.45, 7) is 0.0523. The van der Waals surface area contributed by atoms with Crippen molar-refractivity contribution in [2.24, 2.45) is 0 Å². The standard InChI is InChI=1S/C24H20N4O3/c1-27-20-11-5-6-12-21(20)31-15-19(24(27)30)26-23(29)18-14-25-28-13-7-10-17(22(18)28)16-8-3-2-4-9-16/h2-14,19H,15H2,1H3,(H,26,29)/t19-/m0/s1. The maximum absolute atomic E-state index is 13.2. The van der Waals surface area contributed by atoms with E-state index in [4.69, 9.17) is 4.74 Å². The van der Waals surface area contributed by atoms with Crippen LogP contribution >= 0.6 is 0 Å². The Hall–Kier alpha value is -4.13. The highest BCUT2D eigenvalue weighted by molar-refractivity contribution is 6.07. The van der Waals surface area contributed by atoms with Crippen molar-refractivity contribution in [1.82, 2.24) is 14.9 Å². The van der Waals surface area contributed by atoms with Crippen molar-refractivity contribution in [3.8, 4) is 16.9 Å². The number of likely N-dealkylation sites (N-methyl/N-ethyl adjacent to an activating group) is 1. The predicted molar refractivity (Wildman–Crippen MR) is 117 cm³/mol. The number of amides is 2. The van der Waals surface area contributed by atoms with Crippen LogP contribution in [0.15, 0.2) is 79.1 Å². The summed E-state index contributed by atoms with van der Waals surface area (Å²) >= 11 is 0. The van der Waals surface area contributed by atoms with Crippen molar-refractivity contribution in [3.63, 3.8) is 0 Å². The molecule has 0 aliphatic carbocycles. The van der Waals surface area contributed by atoms with E-state index in [1.165, 1.54) is 11.1 Å². The highest BCUT2D eigenvalue weighted by atomic mass is 16.5. The van der Waals surface area contributed by atoms with Gasteiger partial charge < -0.3 is 15.0 Å². The Labute approximate surface area is 178 Å². The fraction of sp³-hybridized carbons (Fsp3) is 0.125. The molecule has 2 amide bonds. The number of pyridine rings is 1. The number of aromatic nitrogens is 2. The lowest BCUT2D eigenvalue weighted by Gasteiger charge is -2.20. The quantitative estimate of drug-likeness (QED) is 0.561. The van der Waals surface area contributed by atoms with E-state index in [9.17, 15) is 9.59 Å². The molecule has 0 spiro atoms. The molecule has 3 heterocycles. The first-order chi connectivity index (χ1) is 15.1. The fourth-order valence-electron chi connectivity index (χ4n) is 3.85. The van der Waals surface area contributed by atoms with E-state index in [1.54, 1.807) is 23.8 Å². The van der Waals surface area contributed by atoms with Crippen LogP contribution in [0.2, 0.25) is 0 Å². The first-order valence-corrected chi connectivity index (χ1v) is 9.95. The van der Waals surface area contributed by atoms with Gasteiger partial charge in [-0.25, -0.2) is 4.52 Å². The van der Waals surface area contributed by atoms with E-state index in [2.05, 4.69) is 10.4 Å². The van der Waals surface area contributed by atoms with Crippen molar-refractivity contribution >= 4 is 23.0 Å². The Morgan fingerprint density at radius 2 is 1.84 bits per heavy atom. The summed E-state index contributed by atoms with van der Waals surface area (Å²) in [5.74, 6) is -0.00445. The molecule has 7 heteroatoms. The maximum Gasteiger partial charge on any atom is 0.255 e. The highest BCUT2D eigenvalue weighted by Gasteiger charge is 2.31. The van der Waals surface area contributed by atoms with Gasteiger partial charge in [-0.15, -0.1) is 0 Å². The zero-order valence-electron chi connectivity index (χ0n) is 16.9. The smallest absolute Gasteiger partial charge is 0.255 e. The molecule has 0 saturated heterocycles. The summed E-state index contributed by atoms with van der Waals surface area (Å²) < 4.78 is 7.47. The molecule has 31 heavy (non-hydrogen) atoms. The van der Waals surface area contributed by atoms with Gasteiger partial charge in [-0.05, 0) is 23.8 Å². The summed E-state index contributed by atoms with van der Waals surface area (Å²) in [6, 6.07) is 20.1. The predicted octanol–water partition coefficient (Wildman–Crippen LogP) is 3.16. The molecule has 0 unspecified atom stereocenters. The number of hydrogen-bond donors (Lipinski definition) is 1. The number of ether oxygens (including phenoxy) is 1. The number of carbonyl (C=O) groups is 2. The van der Waals surface area contributed by atoms with Gasteiger partial charge in [0.15, 0.2) is 0 Å². The van der Waals surface area contributed by atoms with Crippen LogP contribution in [0.4, 0.5) is 5.69 Å². The Bertz CT molecular complexity index is 1280. The monoisotopic (exact) mass is 412 g/mol. The average molecular weight is 412 g/mol. The number of rotatable bonds is 3. The van der Waals surface area contributed by atoms with Gasteiger partial charge in [0.25, 0.3) is 11.8 Å². The van der Waals surface area contributed by atoms with Crippen molar-refractivity contribution in [2.45, 2.75) is 6.04 Å². The Morgan fingerprint density at radius 3 is 2.68 bits per heavy atom. The van der Waals surface area contributed by atoms with E-state index in [0.29, 0.717) is 22.5 Å². The Morgan fingerprint density at radius 1 is 1.06 bits per heavy atom. The zero-order chi connectivity index (χ0) is 21.4. The van der Waals surface area contributed by atoms with E-state index in [-0.39, 0.29) is 18.4 Å². The number of nitrogens with one attached hydrogen (secondary N) is 1. The number of hydrogen-bond acceptors (Lipinski definition) is 4. The van der Waals surface area contributed by atoms with Crippen molar-refractivity contribution in [2.75, 3.05) is 18.6 Å². The molecule has 2 aromatic carbocycles. The van der Waals surface area contributed by atoms with Crippen LogP contribution in [-0.2, 0) is 4.79 Å². The first kappa shape index (κ1) is 18.9. The van der Waals surface area contributed by atoms with E-state index in [1.807, 2.05) is 60.7 Å². The summed E-state index contributed by atoms with van der Waals surface area (Å²) in [6.07, 6.45) is 3.32. The van der Waals surface area contributed by atoms with Gasteiger partial charge >= 0.3 is 0 Å². The second kappa shape index (κ2) is 7.60. The molecule has 0 saturated carbocycles. The van der Waals surface area contributed by atoms with Crippen molar-refractivity contribution in [1.29, 1.82) is 0 Å². The first-order valence-electron chi connectivity index (χ1n) is 9.95. The molecule has 1 atom stereocenters. The van der Waals surface area contributed by atoms with Gasteiger partial charge in [0.2, 0.25) is 0 Å². The molecular formula is C24H20N4O3. The lowest BCUT2D eigenvalue weighted by Crippen LogP contribution is -2.49. The van der Waals surface area contributed by atoms with Crippen LogP contribution in [0.1, 0.15) is 10.4 Å². The van der Waals surface area contributed by atoms with Crippen LogP contribution < -0.4 is 15.0 Å². The molecular weight excluding hydrogens is 392 g/mol. The number of para-hydroxylation sites is 2. The van der Waals surface area contributed by atoms with E-state index in [0.717, 1.165) is 11.1 Å². The number of benzene rings is 2. The topological polar surface area (TPSA) is 75.9 Å². The second-order valence-corrected chi connectivity index (χ2v) is 7.34. The SMILES string of the molecule is CN1C(=O)[C@@H](NC(=O)c2cnn3cccc(-c4ccccc4)c23)COc2ccccc21. The zero-order valence-corrected chi connectivity index (χ0v) is 16.9. The van der Waals surface area contributed by atoms with Gasteiger partial charge in [0.05, 0.1) is 23.0 Å². The Balaban J connectivity index is 1.47. The molecule has 0 radical (unpaired) electrons. The van der Waals surface area contributed by atoms with Gasteiger partial charge in [0.1, 0.15) is 18.4 Å². The molecule has 5 rings (SSSR count). The summed E-state index contributed by atoms with van der Waals surface area (Å²) in [5, 5.41) is 7.17. The third-order valence-corrected chi connectivity index (χ3v) is 5.44. The number of fused-ring (bicyclic) bond motifs is 2. The fourth-order valence-corrected chi connectivity index (χ4v) is 3.85. The molecule has 4 aromatic rings. The minimum Gasteiger partial charge on any atom is -0.489 e. The molecule has 2 aromatic heterocycles. The number of carbonyl (C=O) groups excluding carboxylic acids is 2. The van der Waals surface area contributed by atoms with Crippen molar-refractivity contribution in [3.05, 3.63) is 84.7 Å². The third-order valence-electron chi connectivity index (χ3n) is 5.44. The van der Waals surface area contributed by atoms with E-state index >= 15 is 0 Å². The minimum atomic E-state index is -0.816. The lowest BCUT2D eigenvalue weighted by atomic mass is 10.0. The lowest BCUT2D eigenvalue weighted by molar-refractivity contribution is -0.120. The van der Waals surface area contributed by atoms with Gasteiger partial charge in [-0.2, -0.15) is 5.10 Å². The molecule has 1 aliphatic heterocycles. The normalized spacial score (nSPS) is 15.8. The molecule has 0 bridgehead atoms. The number of nitrogens with zero attached hydrogens (tertiary/aromatic N) is 3. The highest BCUT2D eigenvalue weighted by Crippen LogP contribution is 2.30. The summed E-state index contributed by atoms with van der Waals surface area (Å²) in [5.41, 5.74) is 3.62. The largest absolute Gasteiger partial charge is 0.489 e. The van der Waals surface area contributed by atoms with Crippen LogP contribution in [-0.4, -0.2) is 41.1 Å². The number of anilines is 1. The van der Waals surface area contributed by atoms with Crippen LogP contribution in [0.3, 0.4) is 0 Å². The molecule has 154 valence electrons. The van der Waals surface area contributed by atoms with E-state index < -0.39 is 6.04 Å². The third kappa shape index (κ3) is 3.30. The molecule has 1 aliphatic rings. The van der Waals surface area contributed by atoms with Crippen LogP contribution in [0, 0.1) is 0 Å². The van der Waals surface area contributed by atoms with Crippen LogP contribution in [0.25, 0.3) is 16.6 Å². The molecule has 1 N–H and O–H groups in total. The van der Waals surface area contributed by atoms with Gasteiger partial charge in [-0.1, -0.05) is 48.5 Å². The van der Waals surface area contributed by atoms with Crippen molar-refractivity contribution < 1.29 is 14.3 Å². The summed E-state index contributed by atoms with van der Waals surface area (Å²) in [4.78, 5) is 27.7. The average Bonchev–Trinajstić information content (AvgIpc) is 3.21. The van der Waals surface area contributed by atoms with Crippen LogP contribution in [0.5, 0.6) is 5.75 Å². The molecule has 0 fully saturated rings. The van der Waals surface area contributed by atoms with Gasteiger partial charge in [0, 0.05) is 18.8 Å². The minimum absolute atomic E-state index is 0.0523. The summed E-state index contributed by atoms with van der Waals surface area (Å²) in [7, 11) is 1.68. The van der Waals surface area contributed by atoms with Gasteiger partial charge in [-0.3, -0.25) is 9.59 Å².